The SMILES string of the molecule is [C-]#[N+]c1ccc2c3ccccc3n(-c3ccccc3-c3cccc(-n4c5ccccc5c5cc(-n6c7ccccc7c7ccccc76)ccc54)c3[N+]#[C-])c2c1. The fourth-order valence-electron chi connectivity index (χ4n) is 8.79. The van der Waals surface area contributed by atoms with Crippen LogP contribution in [0.2, 0.25) is 0 Å². The van der Waals surface area contributed by atoms with Gasteiger partial charge in [-0.3, -0.25) is 0 Å². The third-order valence-corrected chi connectivity index (χ3v) is 11.1. The van der Waals surface area contributed by atoms with Gasteiger partial charge in [0.2, 0.25) is 5.69 Å². The van der Waals surface area contributed by atoms with Crippen LogP contribution >= 0.6 is 0 Å². The molecule has 11 rings (SSSR count). The maximum Gasteiger partial charge on any atom is 0.218 e. The number of rotatable bonds is 4. The molecule has 0 aliphatic carbocycles. The summed E-state index contributed by atoms with van der Waals surface area (Å²) < 4.78 is 6.85. The molecule has 8 aromatic carbocycles. The van der Waals surface area contributed by atoms with Gasteiger partial charge in [-0.2, -0.15) is 0 Å². The van der Waals surface area contributed by atoms with Gasteiger partial charge in [0.05, 0.1) is 52.1 Å². The zero-order chi connectivity index (χ0) is 36.6. The van der Waals surface area contributed by atoms with Gasteiger partial charge in [-0.1, -0.05) is 115 Å². The van der Waals surface area contributed by atoms with Gasteiger partial charge in [-0.15, -0.1) is 0 Å². The number of para-hydroxylation sites is 6. The Bertz CT molecular complexity index is 3420. The first-order valence-corrected chi connectivity index (χ1v) is 18.3. The molecule has 3 heterocycles. The largest absolute Gasteiger partial charge is 0.319 e. The van der Waals surface area contributed by atoms with Crippen LogP contribution in [0.4, 0.5) is 11.4 Å². The molecule has 0 aliphatic rings. The Hall–Kier alpha value is -7.86. The fourth-order valence-corrected chi connectivity index (χ4v) is 8.79. The Morgan fingerprint density at radius 1 is 0.327 bits per heavy atom. The molecular formula is C50H29N5. The van der Waals surface area contributed by atoms with E-state index in [1.165, 1.54) is 21.8 Å². The summed E-state index contributed by atoms with van der Waals surface area (Å²) in [5.41, 5.74) is 12.3. The molecule has 0 aliphatic heterocycles. The lowest BCUT2D eigenvalue weighted by Crippen LogP contribution is -1.99. The van der Waals surface area contributed by atoms with E-state index in [1.807, 2.05) is 30.3 Å². The van der Waals surface area contributed by atoms with E-state index < -0.39 is 0 Å². The van der Waals surface area contributed by atoms with E-state index in [9.17, 15) is 0 Å². The predicted molar refractivity (Wildman–Crippen MR) is 227 cm³/mol. The Morgan fingerprint density at radius 2 is 0.818 bits per heavy atom. The number of hydrogen-bond acceptors (Lipinski definition) is 0. The van der Waals surface area contributed by atoms with E-state index in [2.05, 4.69) is 169 Å². The molecule has 0 radical (unpaired) electrons. The van der Waals surface area contributed by atoms with Crippen molar-refractivity contribution in [3.05, 3.63) is 199 Å². The van der Waals surface area contributed by atoms with Crippen LogP contribution in [0.25, 0.3) is 103 Å². The maximum absolute atomic E-state index is 8.70. The second kappa shape index (κ2) is 11.8. The second-order valence-corrected chi connectivity index (χ2v) is 13.9. The molecule has 0 amide bonds. The number of nitrogens with zero attached hydrogens (tertiary/aromatic N) is 5. The van der Waals surface area contributed by atoms with Crippen LogP contribution in [0.1, 0.15) is 0 Å². The summed E-state index contributed by atoms with van der Waals surface area (Å²) in [6.45, 7) is 16.5. The lowest BCUT2D eigenvalue weighted by Gasteiger charge is -2.18. The predicted octanol–water partition coefficient (Wildman–Crippen LogP) is 13.7. The Balaban J connectivity index is 1.15. The summed E-state index contributed by atoms with van der Waals surface area (Å²) in [4.78, 5) is 8.06. The molecule has 5 nitrogen and oxygen atoms in total. The Morgan fingerprint density at radius 3 is 1.45 bits per heavy atom. The van der Waals surface area contributed by atoms with E-state index in [0.717, 1.165) is 71.8 Å². The van der Waals surface area contributed by atoms with Crippen molar-refractivity contribution in [2.45, 2.75) is 0 Å². The van der Waals surface area contributed by atoms with Crippen molar-refractivity contribution >= 4 is 76.8 Å². The van der Waals surface area contributed by atoms with Gasteiger partial charge in [0.25, 0.3) is 0 Å². The van der Waals surface area contributed by atoms with E-state index in [0.29, 0.717) is 11.4 Å². The minimum Gasteiger partial charge on any atom is -0.319 e. The average molecular weight is 700 g/mol. The molecule has 0 atom stereocenters. The Labute approximate surface area is 316 Å². The molecule has 0 saturated heterocycles. The average Bonchev–Trinajstić information content (AvgIpc) is 3.88. The molecule has 11 aromatic rings. The van der Waals surface area contributed by atoms with E-state index >= 15 is 0 Å². The van der Waals surface area contributed by atoms with Crippen molar-refractivity contribution in [3.8, 4) is 28.2 Å². The quantitative estimate of drug-likeness (QED) is 0.163. The number of hydrogen-bond donors (Lipinski definition) is 0. The van der Waals surface area contributed by atoms with Crippen LogP contribution in [0, 0.1) is 13.1 Å². The first-order valence-electron chi connectivity index (χ1n) is 18.3. The van der Waals surface area contributed by atoms with Gasteiger partial charge in [0.1, 0.15) is 0 Å². The van der Waals surface area contributed by atoms with Crippen molar-refractivity contribution in [2.24, 2.45) is 0 Å². The number of benzene rings is 8. The highest BCUT2D eigenvalue weighted by molar-refractivity contribution is 6.13. The highest BCUT2D eigenvalue weighted by Crippen LogP contribution is 2.44. The van der Waals surface area contributed by atoms with Crippen molar-refractivity contribution < 1.29 is 0 Å². The molecule has 0 unspecified atom stereocenters. The van der Waals surface area contributed by atoms with Gasteiger partial charge >= 0.3 is 0 Å². The van der Waals surface area contributed by atoms with Crippen molar-refractivity contribution in [3.63, 3.8) is 0 Å². The zero-order valence-corrected chi connectivity index (χ0v) is 29.5. The summed E-state index contributed by atoms with van der Waals surface area (Å²) >= 11 is 0. The minimum atomic E-state index is 0.576. The summed E-state index contributed by atoms with van der Waals surface area (Å²) in [6, 6.07) is 61.1. The van der Waals surface area contributed by atoms with E-state index in [1.54, 1.807) is 0 Å². The normalized spacial score (nSPS) is 11.6. The van der Waals surface area contributed by atoms with Crippen LogP contribution in [0.15, 0.2) is 176 Å². The van der Waals surface area contributed by atoms with Crippen molar-refractivity contribution in [2.75, 3.05) is 0 Å². The number of aromatic nitrogens is 3. The summed E-state index contributed by atoms with van der Waals surface area (Å²) in [7, 11) is 0. The van der Waals surface area contributed by atoms with Crippen molar-refractivity contribution in [1.82, 2.24) is 13.7 Å². The standard InChI is InChI=1S/C50H29N5/c1-51-32-26-28-39-36-16-5-10-22-44(36)55(49(39)30-32)45-23-11-6-17-37(45)40-19-13-25-48(50(40)52-2)54-46-24-12-7-18-38(46)41-31-33(27-29-47(41)54)53-42-20-8-3-14-34(42)35-15-4-9-21-43(35)53/h3-31H. The third kappa shape index (κ3) is 4.39. The molecule has 0 bridgehead atoms. The topological polar surface area (TPSA) is 23.5 Å². The summed E-state index contributed by atoms with van der Waals surface area (Å²) in [5, 5.41) is 6.91. The minimum absolute atomic E-state index is 0.576. The highest BCUT2D eigenvalue weighted by atomic mass is 15.0. The van der Waals surface area contributed by atoms with Gasteiger partial charge < -0.3 is 13.7 Å². The molecular weight excluding hydrogens is 671 g/mol. The van der Waals surface area contributed by atoms with Gasteiger partial charge in [0.15, 0.2) is 5.69 Å². The fraction of sp³-hybridized carbons (Fsp3) is 0. The van der Waals surface area contributed by atoms with E-state index in [-0.39, 0.29) is 0 Å². The lowest BCUT2D eigenvalue weighted by molar-refractivity contribution is 1.17. The zero-order valence-electron chi connectivity index (χ0n) is 29.5. The van der Waals surface area contributed by atoms with Gasteiger partial charge in [0, 0.05) is 43.5 Å². The maximum atomic E-state index is 8.70. The summed E-state index contributed by atoms with van der Waals surface area (Å²) in [5.74, 6) is 0. The monoisotopic (exact) mass is 699 g/mol. The van der Waals surface area contributed by atoms with Crippen LogP contribution in [0.5, 0.6) is 0 Å². The van der Waals surface area contributed by atoms with Gasteiger partial charge in [-0.05, 0) is 71.8 Å². The molecule has 5 heteroatoms. The smallest absolute Gasteiger partial charge is 0.218 e. The molecule has 3 aromatic heterocycles. The number of fused-ring (bicyclic) bond motifs is 9. The molecule has 0 saturated carbocycles. The van der Waals surface area contributed by atoms with Crippen LogP contribution in [0.3, 0.4) is 0 Å². The van der Waals surface area contributed by atoms with Crippen LogP contribution < -0.4 is 0 Å². The highest BCUT2D eigenvalue weighted by Gasteiger charge is 2.22. The van der Waals surface area contributed by atoms with Gasteiger partial charge in [-0.25, -0.2) is 9.69 Å². The van der Waals surface area contributed by atoms with E-state index in [4.69, 9.17) is 13.1 Å². The first-order chi connectivity index (χ1) is 27.2. The lowest BCUT2D eigenvalue weighted by atomic mass is 10.00. The first kappa shape index (κ1) is 30.7. The summed E-state index contributed by atoms with van der Waals surface area (Å²) in [6.07, 6.45) is 0. The molecule has 0 fully saturated rings. The Kier molecular flexibility index (Phi) is 6.61. The second-order valence-electron chi connectivity index (χ2n) is 13.9. The molecule has 55 heavy (non-hydrogen) atoms. The molecule has 254 valence electrons. The van der Waals surface area contributed by atoms with Crippen LogP contribution in [-0.2, 0) is 0 Å². The van der Waals surface area contributed by atoms with Crippen LogP contribution in [-0.4, -0.2) is 13.7 Å². The molecule has 0 spiro atoms. The molecule has 0 N–H and O–H groups in total. The van der Waals surface area contributed by atoms with Crippen molar-refractivity contribution in [1.29, 1.82) is 0 Å². The third-order valence-electron chi connectivity index (χ3n) is 11.1.